The van der Waals surface area contributed by atoms with E-state index in [1.54, 1.807) is 0 Å². The van der Waals surface area contributed by atoms with Gasteiger partial charge >= 0.3 is 0 Å². The van der Waals surface area contributed by atoms with Crippen LogP contribution in [0.15, 0.2) is 78.9 Å². The maximum absolute atomic E-state index is 13.0. The monoisotopic (exact) mass is 580 g/mol. The molecule has 3 aromatic carbocycles. The number of hydrogen-bond donors (Lipinski definition) is 4. The van der Waals surface area contributed by atoms with Gasteiger partial charge in [-0.1, -0.05) is 66.2 Å². The third-order valence-electron chi connectivity index (χ3n) is 6.93. The minimum absolute atomic E-state index is 0.0369. The highest BCUT2D eigenvalue weighted by molar-refractivity contribution is 7.92. The summed E-state index contributed by atoms with van der Waals surface area (Å²) in [5.41, 5.74) is 2.69. The number of aryl methyl sites for hydroxylation is 1. The number of nitrogens with zero attached hydrogens (tertiary/aromatic N) is 1. The Kier molecular flexibility index (Phi) is 11.5. The first-order valence-electron chi connectivity index (χ1n) is 13.6. The molecule has 0 radical (unpaired) electrons. The van der Waals surface area contributed by atoms with Crippen LogP contribution in [0.5, 0.6) is 0 Å². The second kappa shape index (κ2) is 14.8. The highest BCUT2D eigenvalue weighted by atomic mass is 32.2. The summed E-state index contributed by atoms with van der Waals surface area (Å²) in [4.78, 5) is 25.9. The van der Waals surface area contributed by atoms with E-state index in [0.717, 1.165) is 35.5 Å². The highest BCUT2D eigenvalue weighted by Crippen LogP contribution is 2.22. The van der Waals surface area contributed by atoms with Gasteiger partial charge in [0.25, 0.3) is 11.8 Å². The number of amides is 2. The van der Waals surface area contributed by atoms with Gasteiger partial charge in [0.05, 0.1) is 24.1 Å². The quantitative estimate of drug-likeness (QED) is 0.307. The fourth-order valence-electron chi connectivity index (χ4n) is 4.37. The number of nitrogens with one attached hydrogen (secondary N) is 3. The van der Waals surface area contributed by atoms with Gasteiger partial charge in [-0.2, -0.15) is 0 Å². The largest absolute Gasteiger partial charge is 0.390 e. The van der Waals surface area contributed by atoms with Crippen molar-refractivity contribution in [2.45, 2.75) is 44.9 Å². The molecule has 1 saturated heterocycles. The fraction of sp³-hybridized carbons (Fsp3) is 0.355. The van der Waals surface area contributed by atoms with Crippen molar-refractivity contribution >= 4 is 27.5 Å². The number of rotatable bonds is 9. The van der Waals surface area contributed by atoms with Crippen molar-refractivity contribution < 1.29 is 23.1 Å². The van der Waals surface area contributed by atoms with Crippen LogP contribution in [0.3, 0.4) is 0 Å². The third-order valence-corrected chi connectivity index (χ3v) is 8.13. The van der Waals surface area contributed by atoms with Gasteiger partial charge in [-0.3, -0.25) is 13.9 Å². The molecule has 0 aliphatic carbocycles. The van der Waals surface area contributed by atoms with E-state index >= 15 is 0 Å². The number of hydrogen-bond acceptors (Lipinski definition) is 6. The van der Waals surface area contributed by atoms with E-state index in [0.29, 0.717) is 0 Å². The molecule has 1 aliphatic rings. The van der Waals surface area contributed by atoms with E-state index in [1.165, 1.54) is 30.8 Å². The molecule has 4 rings (SSSR count). The predicted octanol–water partition coefficient (Wildman–Crippen LogP) is 3.41. The van der Waals surface area contributed by atoms with E-state index in [9.17, 15) is 23.1 Å². The van der Waals surface area contributed by atoms with Crippen LogP contribution in [-0.2, 0) is 10.0 Å². The molecule has 0 aromatic heterocycles. The summed E-state index contributed by atoms with van der Waals surface area (Å²) in [5.74, 6) is -0.949. The van der Waals surface area contributed by atoms with E-state index in [1.807, 2.05) is 55.5 Å². The lowest BCUT2D eigenvalue weighted by molar-refractivity contribution is 0.0887. The minimum atomic E-state index is -3.62. The van der Waals surface area contributed by atoms with Gasteiger partial charge < -0.3 is 21.1 Å². The molecule has 0 spiro atoms. The zero-order valence-corrected chi connectivity index (χ0v) is 24.8. The maximum atomic E-state index is 13.0. The van der Waals surface area contributed by atoms with E-state index in [4.69, 9.17) is 0 Å². The average Bonchev–Trinajstić information content (AvgIpc) is 3.51. The number of aliphatic hydroxyl groups excluding tert-OH is 1. The van der Waals surface area contributed by atoms with Gasteiger partial charge in [0.2, 0.25) is 10.0 Å². The second-order valence-corrected chi connectivity index (χ2v) is 12.3. The molecule has 0 saturated carbocycles. The first-order valence-corrected chi connectivity index (χ1v) is 15.5. The lowest BCUT2D eigenvalue weighted by atomic mass is 10.1. The standard InChI is InChI=1S/C24H32N4O5S.C7H8/c1-16(17-8-5-4-6-9-17)27-24(31)19-12-18(13-20(14-19)28(2)34(3,32)33)23(30)26-15-22(29)21-10-7-11-25-21;1-7-5-3-2-4-6-7/h4-6,8-9,12-14,16,21-22,25,29H,7,10-11,15H2,1-3H3,(H,26,30)(H,27,31);2-6H,1H3/t16-,21?,22-;/m1./s1. The van der Waals surface area contributed by atoms with Crippen molar-refractivity contribution in [2.24, 2.45) is 0 Å². The number of anilines is 1. The number of benzene rings is 3. The molecule has 2 amide bonds. The Hall–Kier alpha value is -3.73. The molecule has 1 unspecified atom stereocenters. The van der Waals surface area contributed by atoms with Crippen LogP contribution >= 0.6 is 0 Å². The molecule has 10 heteroatoms. The molecule has 220 valence electrons. The summed E-state index contributed by atoms with van der Waals surface area (Å²) in [5, 5.41) is 19.1. The molecule has 1 fully saturated rings. The van der Waals surface area contributed by atoms with Gasteiger partial charge in [0, 0.05) is 30.8 Å². The summed E-state index contributed by atoms with van der Waals surface area (Å²) in [7, 11) is -2.26. The Bertz CT molecular complexity index is 1390. The summed E-state index contributed by atoms with van der Waals surface area (Å²) < 4.78 is 25.2. The lowest BCUT2D eigenvalue weighted by Crippen LogP contribution is -2.43. The maximum Gasteiger partial charge on any atom is 0.251 e. The molecule has 41 heavy (non-hydrogen) atoms. The van der Waals surface area contributed by atoms with Gasteiger partial charge in [-0.25, -0.2) is 8.42 Å². The third kappa shape index (κ3) is 9.70. The van der Waals surface area contributed by atoms with E-state index < -0.39 is 27.9 Å². The molecule has 3 atom stereocenters. The Balaban J connectivity index is 0.000000575. The van der Waals surface area contributed by atoms with Crippen LogP contribution in [0.4, 0.5) is 5.69 Å². The number of carbonyl (C=O) groups excluding carboxylic acids is 2. The van der Waals surface area contributed by atoms with Crippen LogP contribution < -0.4 is 20.3 Å². The van der Waals surface area contributed by atoms with E-state index in [-0.39, 0.29) is 35.4 Å². The topological polar surface area (TPSA) is 128 Å². The van der Waals surface area contributed by atoms with Crippen LogP contribution in [-0.4, -0.2) is 63.9 Å². The van der Waals surface area contributed by atoms with Gasteiger partial charge in [-0.15, -0.1) is 0 Å². The smallest absolute Gasteiger partial charge is 0.251 e. The number of sulfonamides is 1. The van der Waals surface area contributed by atoms with Crippen LogP contribution in [0.1, 0.15) is 57.7 Å². The van der Waals surface area contributed by atoms with Crippen LogP contribution in [0.2, 0.25) is 0 Å². The highest BCUT2D eigenvalue weighted by Gasteiger charge is 2.24. The lowest BCUT2D eigenvalue weighted by Gasteiger charge is -2.21. The molecular formula is C31H40N4O5S. The van der Waals surface area contributed by atoms with Crippen LogP contribution in [0.25, 0.3) is 0 Å². The molecule has 4 N–H and O–H groups in total. The van der Waals surface area contributed by atoms with Gasteiger partial charge in [-0.05, 0) is 57.0 Å². The molecule has 1 heterocycles. The van der Waals surface area contributed by atoms with Gasteiger partial charge in [0.1, 0.15) is 0 Å². The summed E-state index contributed by atoms with van der Waals surface area (Å²) in [6.45, 7) is 4.79. The Morgan fingerprint density at radius 1 is 1.00 bits per heavy atom. The number of aliphatic hydroxyl groups is 1. The zero-order chi connectivity index (χ0) is 30.0. The minimum Gasteiger partial charge on any atom is -0.390 e. The second-order valence-electron chi connectivity index (χ2n) is 10.2. The summed E-state index contributed by atoms with van der Waals surface area (Å²) in [6, 6.07) is 23.6. The first kappa shape index (κ1) is 31.8. The van der Waals surface area contributed by atoms with Crippen molar-refractivity contribution in [1.82, 2.24) is 16.0 Å². The average molecular weight is 581 g/mol. The first-order chi connectivity index (χ1) is 19.5. The molecule has 1 aliphatic heterocycles. The fourth-order valence-corrected chi connectivity index (χ4v) is 4.86. The van der Waals surface area contributed by atoms with Crippen molar-refractivity contribution in [3.63, 3.8) is 0 Å². The van der Waals surface area contributed by atoms with Crippen molar-refractivity contribution in [2.75, 3.05) is 30.7 Å². The van der Waals surface area contributed by atoms with Crippen LogP contribution in [0, 0.1) is 6.92 Å². The molecule has 9 nitrogen and oxygen atoms in total. The summed E-state index contributed by atoms with van der Waals surface area (Å²) in [6.07, 6.45) is 2.09. The Morgan fingerprint density at radius 3 is 2.10 bits per heavy atom. The summed E-state index contributed by atoms with van der Waals surface area (Å²) >= 11 is 0. The SMILES string of the molecule is C[C@@H](NC(=O)c1cc(C(=O)NC[C@@H](O)C2CCCN2)cc(N(C)S(C)(=O)=O)c1)c1ccccc1.Cc1ccccc1. The molecular weight excluding hydrogens is 540 g/mol. The van der Waals surface area contributed by atoms with Gasteiger partial charge in [0.15, 0.2) is 0 Å². The van der Waals surface area contributed by atoms with Crippen molar-refractivity contribution in [3.8, 4) is 0 Å². The molecule has 0 bridgehead atoms. The normalized spacial score (nSPS) is 16.1. The molecule has 3 aromatic rings. The zero-order valence-electron chi connectivity index (χ0n) is 24.0. The van der Waals surface area contributed by atoms with Crippen molar-refractivity contribution in [3.05, 3.63) is 101 Å². The predicted molar refractivity (Wildman–Crippen MR) is 163 cm³/mol. The Morgan fingerprint density at radius 2 is 1.59 bits per heavy atom. The van der Waals surface area contributed by atoms with Crippen molar-refractivity contribution in [1.29, 1.82) is 0 Å². The number of carbonyl (C=O) groups is 2. The Labute approximate surface area is 243 Å². The van der Waals surface area contributed by atoms with E-state index in [2.05, 4.69) is 35.0 Å².